The molecule has 310 valence electrons. The largest absolute Gasteiger partial charge is 0.504 e. The molecule has 3 aromatic rings. The van der Waals surface area contributed by atoms with Crippen molar-refractivity contribution in [3.05, 3.63) is 113 Å². The standard InChI is InChI=1S/C41H44O17/c42-21-33-36(49)37(50)38(51)41(57-33)58-40-26(14-17-53-34(47)11-8-23-4-2-1-3-5-23)27(20-35(48)54-15-12-24-6-9-29(43)31(45)18-24)28(22-56-40)39(52)55-16-13-25-7-10-30(44)32(46)19-25/h1-11,14,18-19,22,27,33,36-38,40-46,49-51H,12-13,15-17,20-21H2/b11-8+,26-14-/t27-,33+,36+,37-,38+,40-,41-/m0/s1. The fourth-order valence-corrected chi connectivity index (χ4v) is 6.01. The molecule has 17 heteroatoms. The van der Waals surface area contributed by atoms with Gasteiger partial charge in [-0.25, -0.2) is 9.59 Å². The van der Waals surface area contributed by atoms with E-state index < -0.39 is 80.5 Å². The van der Waals surface area contributed by atoms with E-state index in [4.69, 9.17) is 28.4 Å². The molecule has 0 unspecified atom stereocenters. The molecule has 2 aliphatic heterocycles. The van der Waals surface area contributed by atoms with Crippen molar-refractivity contribution in [2.45, 2.75) is 56.3 Å². The Morgan fingerprint density at radius 1 is 0.741 bits per heavy atom. The topological polar surface area (TPSA) is 268 Å². The lowest BCUT2D eigenvalue weighted by molar-refractivity contribution is -0.327. The molecule has 3 aromatic carbocycles. The lowest BCUT2D eigenvalue weighted by Crippen LogP contribution is -2.60. The Kier molecular flexibility index (Phi) is 15.2. The Hall–Kier alpha value is -5.95. The second kappa shape index (κ2) is 20.5. The van der Waals surface area contributed by atoms with Crippen LogP contribution in [0.25, 0.3) is 6.08 Å². The quantitative estimate of drug-likeness (QED) is 0.0336. The number of hydrogen-bond donors (Lipinski definition) is 8. The van der Waals surface area contributed by atoms with E-state index in [-0.39, 0.29) is 60.2 Å². The van der Waals surface area contributed by atoms with E-state index in [0.717, 1.165) is 11.8 Å². The maximum atomic E-state index is 13.6. The van der Waals surface area contributed by atoms with Gasteiger partial charge in [-0.1, -0.05) is 42.5 Å². The van der Waals surface area contributed by atoms with Gasteiger partial charge in [0.1, 0.15) is 31.0 Å². The first-order valence-electron chi connectivity index (χ1n) is 18.1. The number of aromatic hydroxyl groups is 4. The highest BCUT2D eigenvalue weighted by molar-refractivity contribution is 5.91. The van der Waals surface area contributed by atoms with Crippen LogP contribution in [0.4, 0.5) is 0 Å². The summed E-state index contributed by atoms with van der Waals surface area (Å²) < 4.78 is 33.5. The highest BCUT2D eigenvalue weighted by atomic mass is 16.8. The van der Waals surface area contributed by atoms with Crippen LogP contribution < -0.4 is 0 Å². The van der Waals surface area contributed by atoms with Crippen LogP contribution in [-0.4, -0.2) is 122 Å². The van der Waals surface area contributed by atoms with Crippen molar-refractivity contribution in [3.63, 3.8) is 0 Å². The van der Waals surface area contributed by atoms with Gasteiger partial charge >= 0.3 is 17.9 Å². The molecule has 1 saturated heterocycles. The molecule has 1 fully saturated rings. The average molecular weight is 809 g/mol. The highest BCUT2D eigenvalue weighted by Gasteiger charge is 2.47. The van der Waals surface area contributed by atoms with E-state index in [2.05, 4.69) is 0 Å². The van der Waals surface area contributed by atoms with Gasteiger partial charge in [0.15, 0.2) is 29.3 Å². The Bertz CT molecular complexity index is 1970. The molecule has 17 nitrogen and oxygen atoms in total. The summed E-state index contributed by atoms with van der Waals surface area (Å²) in [5, 5.41) is 80.0. The zero-order valence-electron chi connectivity index (χ0n) is 30.9. The minimum Gasteiger partial charge on any atom is -0.504 e. The molecule has 58 heavy (non-hydrogen) atoms. The first-order chi connectivity index (χ1) is 27.8. The number of rotatable bonds is 16. The summed E-state index contributed by atoms with van der Waals surface area (Å²) in [6.07, 6.45) is -5.35. The Labute approximate surface area is 331 Å². The molecule has 5 rings (SSSR count). The molecule has 0 spiro atoms. The van der Waals surface area contributed by atoms with Gasteiger partial charge in [-0.2, -0.15) is 0 Å². The Morgan fingerprint density at radius 3 is 2.00 bits per heavy atom. The number of aliphatic hydroxyl groups is 4. The molecule has 8 N–H and O–H groups in total. The van der Waals surface area contributed by atoms with Gasteiger partial charge in [0, 0.05) is 30.4 Å². The lowest BCUT2D eigenvalue weighted by Gasteiger charge is -2.42. The van der Waals surface area contributed by atoms with E-state index in [9.17, 15) is 55.2 Å². The fourth-order valence-electron chi connectivity index (χ4n) is 6.01. The van der Waals surface area contributed by atoms with Crippen molar-refractivity contribution >= 4 is 24.0 Å². The van der Waals surface area contributed by atoms with Crippen molar-refractivity contribution in [1.29, 1.82) is 0 Å². The smallest absolute Gasteiger partial charge is 0.337 e. The minimum atomic E-state index is -1.86. The van der Waals surface area contributed by atoms with Gasteiger partial charge in [0.2, 0.25) is 6.29 Å². The summed E-state index contributed by atoms with van der Waals surface area (Å²) in [5.74, 6) is -5.17. The zero-order valence-corrected chi connectivity index (χ0v) is 30.9. The van der Waals surface area contributed by atoms with Gasteiger partial charge in [0.25, 0.3) is 0 Å². The van der Waals surface area contributed by atoms with E-state index in [1.54, 1.807) is 24.3 Å². The van der Waals surface area contributed by atoms with Crippen LogP contribution in [0.2, 0.25) is 0 Å². The molecular formula is C41H44O17. The summed E-state index contributed by atoms with van der Waals surface area (Å²) in [5.41, 5.74) is 1.58. The summed E-state index contributed by atoms with van der Waals surface area (Å²) in [7, 11) is 0. The third kappa shape index (κ3) is 11.6. The first-order valence-corrected chi connectivity index (χ1v) is 18.1. The van der Waals surface area contributed by atoms with Gasteiger partial charge in [-0.3, -0.25) is 4.79 Å². The molecule has 7 atom stereocenters. The normalized spacial score (nSPS) is 23.8. The van der Waals surface area contributed by atoms with Crippen LogP contribution in [0.5, 0.6) is 23.0 Å². The van der Waals surface area contributed by atoms with Crippen LogP contribution in [0.1, 0.15) is 23.1 Å². The Morgan fingerprint density at radius 2 is 1.38 bits per heavy atom. The van der Waals surface area contributed by atoms with E-state index in [0.29, 0.717) is 11.1 Å². The number of phenols is 4. The number of esters is 3. The predicted octanol–water partition coefficient (Wildman–Crippen LogP) is 1.63. The second-order valence-electron chi connectivity index (χ2n) is 13.2. The molecular weight excluding hydrogens is 764 g/mol. The molecule has 0 bridgehead atoms. The third-order valence-corrected chi connectivity index (χ3v) is 9.19. The molecule has 2 heterocycles. The van der Waals surface area contributed by atoms with Crippen LogP contribution >= 0.6 is 0 Å². The predicted molar refractivity (Wildman–Crippen MR) is 199 cm³/mol. The van der Waals surface area contributed by atoms with Crippen molar-refractivity contribution in [2.75, 3.05) is 26.4 Å². The lowest BCUT2D eigenvalue weighted by atomic mass is 9.86. The number of phenolic OH excluding ortho intramolecular Hbond substituents is 4. The van der Waals surface area contributed by atoms with Crippen LogP contribution in [0.3, 0.4) is 0 Å². The van der Waals surface area contributed by atoms with Gasteiger partial charge in [0.05, 0.1) is 38.1 Å². The molecule has 0 saturated carbocycles. The third-order valence-electron chi connectivity index (χ3n) is 9.19. The molecule has 0 amide bonds. The number of hydrogen-bond acceptors (Lipinski definition) is 17. The summed E-state index contributed by atoms with van der Waals surface area (Å²) >= 11 is 0. The highest BCUT2D eigenvalue weighted by Crippen LogP contribution is 2.37. The maximum absolute atomic E-state index is 13.6. The van der Waals surface area contributed by atoms with Crippen LogP contribution in [-0.2, 0) is 55.6 Å². The SMILES string of the molecule is O=C(/C=C/c1ccccc1)OC/C=C1\[C@H](O[C@@H]2O[C@H](CO)[C@@H](O)[C@H](O)[C@H]2O)OC=C(C(=O)OCCc2ccc(O)c(O)c2)[C@H]1CC(=O)OCCc1ccc(O)c(O)c1. The van der Waals surface area contributed by atoms with Gasteiger partial charge in [-0.05, 0) is 53.1 Å². The van der Waals surface area contributed by atoms with Crippen molar-refractivity contribution in [1.82, 2.24) is 0 Å². The average Bonchev–Trinajstić information content (AvgIpc) is 3.21. The summed E-state index contributed by atoms with van der Waals surface area (Å²) in [4.78, 5) is 39.7. The molecule has 2 aliphatic rings. The van der Waals surface area contributed by atoms with E-state index in [1.807, 2.05) is 6.07 Å². The number of ether oxygens (including phenoxy) is 6. The maximum Gasteiger partial charge on any atom is 0.337 e. The number of benzene rings is 3. The van der Waals surface area contributed by atoms with E-state index >= 15 is 0 Å². The van der Waals surface area contributed by atoms with Crippen molar-refractivity contribution < 1.29 is 83.7 Å². The molecule has 0 radical (unpaired) electrons. The Balaban J connectivity index is 1.40. The van der Waals surface area contributed by atoms with Crippen LogP contribution in [0, 0.1) is 5.92 Å². The van der Waals surface area contributed by atoms with Gasteiger partial charge in [-0.15, -0.1) is 0 Å². The zero-order chi connectivity index (χ0) is 41.8. The fraction of sp³-hybridized carbons (Fsp3) is 0.341. The molecule has 0 aliphatic carbocycles. The van der Waals surface area contributed by atoms with Crippen LogP contribution in [0.15, 0.2) is 96.3 Å². The summed E-state index contributed by atoms with van der Waals surface area (Å²) in [6.45, 7) is -1.60. The second-order valence-corrected chi connectivity index (χ2v) is 13.2. The number of carbonyl (C=O) groups excluding carboxylic acids is 3. The van der Waals surface area contributed by atoms with Gasteiger partial charge < -0.3 is 69.3 Å². The molecule has 0 aromatic heterocycles. The van der Waals surface area contributed by atoms with Crippen molar-refractivity contribution in [2.24, 2.45) is 5.92 Å². The van der Waals surface area contributed by atoms with E-state index in [1.165, 1.54) is 54.6 Å². The number of aliphatic hydroxyl groups excluding tert-OH is 4. The monoisotopic (exact) mass is 808 g/mol. The summed E-state index contributed by atoms with van der Waals surface area (Å²) in [6, 6.07) is 17.1. The number of carbonyl (C=O) groups is 3. The van der Waals surface area contributed by atoms with Crippen molar-refractivity contribution in [3.8, 4) is 23.0 Å². The minimum absolute atomic E-state index is 0.00453. The first kappa shape index (κ1) is 43.2.